The summed E-state index contributed by atoms with van der Waals surface area (Å²) in [4.78, 5) is 13.5. The van der Waals surface area contributed by atoms with E-state index in [1.54, 1.807) is 0 Å². The first-order valence-corrected chi connectivity index (χ1v) is 5.05. The van der Waals surface area contributed by atoms with E-state index in [4.69, 9.17) is 5.73 Å². The maximum absolute atomic E-state index is 11.6. The molecule has 0 spiro atoms. The summed E-state index contributed by atoms with van der Waals surface area (Å²) in [6, 6.07) is 0.205. The molecule has 2 N–H and O–H groups in total. The Kier molecular flexibility index (Phi) is 3.31. The number of nitrogens with zero attached hydrogens (tertiary/aromatic N) is 1. The van der Waals surface area contributed by atoms with E-state index in [1.165, 1.54) is 0 Å². The van der Waals surface area contributed by atoms with Crippen LogP contribution in [0.25, 0.3) is 0 Å². The molecule has 1 aliphatic heterocycles. The third-order valence-electron chi connectivity index (χ3n) is 3.00. The van der Waals surface area contributed by atoms with Crippen molar-refractivity contribution in [2.45, 2.75) is 33.2 Å². The number of hydrogen-bond donors (Lipinski definition) is 1. The molecule has 0 aromatic rings. The molecular weight excluding hydrogens is 164 g/mol. The second-order valence-corrected chi connectivity index (χ2v) is 4.34. The lowest BCUT2D eigenvalue weighted by Crippen LogP contribution is -2.39. The summed E-state index contributed by atoms with van der Waals surface area (Å²) in [6.45, 7) is 7.83. The molecule has 76 valence electrons. The van der Waals surface area contributed by atoms with Crippen LogP contribution in [-0.4, -0.2) is 29.9 Å². The van der Waals surface area contributed by atoms with E-state index >= 15 is 0 Å². The van der Waals surface area contributed by atoms with Gasteiger partial charge in [0.25, 0.3) is 0 Å². The molecule has 0 aliphatic carbocycles. The highest BCUT2D eigenvalue weighted by atomic mass is 16.2. The van der Waals surface area contributed by atoms with Crippen molar-refractivity contribution in [3.8, 4) is 0 Å². The average Bonchev–Trinajstić information content (AvgIpc) is 2.46. The molecule has 0 bridgehead atoms. The summed E-state index contributed by atoms with van der Waals surface area (Å²) in [7, 11) is 0. The van der Waals surface area contributed by atoms with Crippen LogP contribution in [-0.2, 0) is 4.79 Å². The fourth-order valence-corrected chi connectivity index (χ4v) is 1.76. The summed E-state index contributed by atoms with van der Waals surface area (Å²) in [5.74, 6) is 1.40. The van der Waals surface area contributed by atoms with Gasteiger partial charge < -0.3 is 10.6 Å². The number of likely N-dealkylation sites (tertiary alicyclic amines) is 1. The summed E-state index contributed by atoms with van der Waals surface area (Å²) in [5, 5.41) is 0. The van der Waals surface area contributed by atoms with Crippen molar-refractivity contribution in [1.82, 2.24) is 4.90 Å². The number of nitrogens with two attached hydrogens (primary N) is 1. The Bertz CT molecular complexity index is 191. The van der Waals surface area contributed by atoms with Crippen LogP contribution in [0.4, 0.5) is 0 Å². The lowest BCUT2D eigenvalue weighted by Gasteiger charge is -2.24. The van der Waals surface area contributed by atoms with Crippen LogP contribution in [0.2, 0.25) is 0 Å². The molecule has 1 rings (SSSR count). The second kappa shape index (κ2) is 4.09. The quantitative estimate of drug-likeness (QED) is 0.706. The monoisotopic (exact) mass is 184 g/mol. The second-order valence-electron chi connectivity index (χ2n) is 4.34. The van der Waals surface area contributed by atoms with Crippen molar-refractivity contribution < 1.29 is 4.79 Å². The normalized spacial score (nSPS) is 25.8. The Hall–Kier alpha value is -0.570. The zero-order chi connectivity index (χ0) is 10.0. The number of carbonyl (C=O) groups excluding carboxylic acids is 1. The maximum atomic E-state index is 11.6. The van der Waals surface area contributed by atoms with Crippen LogP contribution in [0.15, 0.2) is 0 Å². The van der Waals surface area contributed by atoms with Crippen LogP contribution in [0.5, 0.6) is 0 Å². The summed E-state index contributed by atoms with van der Waals surface area (Å²) in [6.07, 6.45) is 0.710. The molecule has 0 radical (unpaired) electrons. The highest BCUT2D eigenvalue weighted by Gasteiger charge is 2.33. The molecule has 1 fully saturated rings. The summed E-state index contributed by atoms with van der Waals surface area (Å²) < 4.78 is 0. The zero-order valence-corrected chi connectivity index (χ0v) is 8.79. The zero-order valence-electron chi connectivity index (χ0n) is 8.79. The van der Waals surface area contributed by atoms with Crippen LogP contribution in [0.3, 0.4) is 0 Å². The van der Waals surface area contributed by atoms with Gasteiger partial charge in [0.1, 0.15) is 0 Å². The van der Waals surface area contributed by atoms with Crippen molar-refractivity contribution in [3.63, 3.8) is 0 Å². The predicted octanol–water partition coefficient (Wildman–Crippen LogP) is 0.838. The van der Waals surface area contributed by atoms with Gasteiger partial charge in [0.2, 0.25) is 5.91 Å². The Morgan fingerprint density at radius 1 is 1.54 bits per heavy atom. The number of amides is 1. The van der Waals surface area contributed by atoms with Crippen LogP contribution < -0.4 is 5.73 Å². The van der Waals surface area contributed by atoms with Crippen molar-refractivity contribution >= 4 is 5.91 Å². The third-order valence-corrected chi connectivity index (χ3v) is 3.00. The SMILES string of the molecule is CC(C)C1CC(=O)N(C(C)CN)C1. The maximum Gasteiger partial charge on any atom is 0.223 e. The largest absolute Gasteiger partial charge is 0.338 e. The number of hydrogen-bond acceptors (Lipinski definition) is 2. The van der Waals surface area contributed by atoms with Gasteiger partial charge in [-0.3, -0.25) is 4.79 Å². The van der Waals surface area contributed by atoms with Crippen LogP contribution in [0, 0.1) is 11.8 Å². The lowest BCUT2D eigenvalue weighted by atomic mass is 9.95. The molecule has 0 aromatic heterocycles. The molecule has 1 aliphatic rings. The minimum absolute atomic E-state index is 0.205. The Labute approximate surface area is 80.3 Å². The van der Waals surface area contributed by atoms with E-state index < -0.39 is 0 Å². The van der Waals surface area contributed by atoms with Crippen molar-refractivity contribution in [2.24, 2.45) is 17.6 Å². The first-order chi connectivity index (χ1) is 6.06. The number of rotatable bonds is 3. The predicted molar refractivity (Wildman–Crippen MR) is 53.2 cm³/mol. The Balaban J connectivity index is 2.56. The fraction of sp³-hybridized carbons (Fsp3) is 0.900. The van der Waals surface area contributed by atoms with Gasteiger partial charge in [-0.05, 0) is 18.8 Å². The third kappa shape index (κ3) is 2.21. The van der Waals surface area contributed by atoms with Crippen molar-refractivity contribution in [3.05, 3.63) is 0 Å². The summed E-state index contributed by atoms with van der Waals surface area (Å²) >= 11 is 0. The van der Waals surface area contributed by atoms with Gasteiger partial charge in [0.15, 0.2) is 0 Å². The van der Waals surface area contributed by atoms with Gasteiger partial charge in [-0.2, -0.15) is 0 Å². The van der Waals surface area contributed by atoms with E-state index in [-0.39, 0.29) is 11.9 Å². The molecular formula is C10H20N2O. The molecule has 3 nitrogen and oxygen atoms in total. The van der Waals surface area contributed by atoms with Gasteiger partial charge in [0.05, 0.1) is 0 Å². The Morgan fingerprint density at radius 2 is 2.15 bits per heavy atom. The van der Waals surface area contributed by atoms with Gasteiger partial charge >= 0.3 is 0 Å². The smallest absolute Gasteiger partial charge is 0.223 e. The molecule has 0 saturated carbocycles. The van der Waals surface area contributed by atoms with Gasteiger partial charge in [0, 0.05) is 25.6 Å². The number of carbonyl (C=O) groups is 1. The van der Waals surface area contributed by atoms with E-state index in [0.717, 1.165) is 6.54 Å². The van der Waals surface area contributed by atoms with Crippen molar-refractivity contribution in [1.29, 1.82) is 0 Å². The molecule has 1 saturated heterocycles. The van der Waals surface area contributed by atoms with E-state index in [1.807, 2.05) is 11.8 Å². The van der Waals surface area contributed by atoms with Gasteiger partial charge in [-0.25, -0.2) is 0 Å². The highest BCUT2D eigenvalue weighted by Crippen LogP contribution is 2.25. The minimum Gasteiger partial charge on any atom is -0.338 e. The van der Waals surface area contributed by atoms with E-state index in [9.17, 15) is 4.79 Å². The standard InChI is InChI=1S/C10H20N2O/c1-7(2)9-4-10(13)12(6-9)8(3)5-11/h7-9H,4-6,11H2,1-3H3. The molecule has 1 amide bonds. The topological polar surface area (TPSA) is 46.3 Å². The first-order valence-electron chi connectivity index (χ1n) is 5.05. The molecule has 2 atom stereocenters. The van der Waals surface area contributed by atoms with Gasteiger partial charge in [-0.1, -0.05) is 13.8 Å². The van der Waals surface area contributed by atoms with E-state index in [2.05, 4.69) is 13.8 Å². The molecule has 0 aromatic carbocycles. The van der Waals surface area contributed by atoms with Crippen molar-refractivity contribution in [2.75, 3.05) is 13.1 Å². The van der Waals surface area contributed by atoms with Crippen LogP contribution >= 0.6 is 0 Å². The van der Waals surface area contributed by atoms with Gasteiger partial charge in [-0.15, -0.1) is 0 Å². The fourth-order valence-electron chi connectivity index (χ4n) is 1.76. The molecule has 3 heteroatoms. The average molecular weight is 184 g/mol. The lowest BCUT2D eigenvalue weighted by molar-refractivity contribution is -0.129. The summed E-state index contributed by atoms with van der Waals surface area (Å²) in [5.41, 5.74) is 5.54. The minimum atomic E-state index is 0.205. The first kappa shape index (κ1) is 10.5. The Morgan fingerprint density at radius 3 is 2.54 bits per heavy atom. The molecule has 2 unspecified atom stereocenters. The van der Waals surface area contributed by atoms with E-state index in [0.29, 0.717) is 24.8 Å². The molecule has 13 heavy (non-hydrogen) atoms. The molecule has 1 heterocycles. The van der Waals surface area contributed by atoms with Crippen LogP contribution in [0.1, 0.15) is 27.2 Å². The highest BCUT2D eigenvalue weighted by molar-refractivity contribution is 5.79.